The molecule has 0 radical (unpaired) electrons. The molecule has 0 bridgehead atoms. The summed E-state index contributed by atoms with van der Waals surface area (Å²) in [6, 6.07) is 7.27. The zero-order valence-corrected chi connectivity index (χ0v) is 12.9. The molecule has 2 unspecified atom stereocenters. The van der Waals surface area contributed by atoms with Crippen LogP contribution in [-0.2, 0) is 6.54 Å². The molecule has 1 aliphatic rings. The summed E-state index contributed by atoms with van der Waals surface area (Å²) in [5.41, 5.74) is 1.24. The first-order valence-corrected chi connectivity index (χ1v) is 7.79. The molecule has 1 N–H and O–H groups in total. The predicted octanol–water partition coefficient (Wildman–Crippen LogP) is 2.80. The Morgan fingerprint density at radius 2 is 2.14 bits per heavy atom. The number of hydrogen-bond donors (Lipinski definition) is 1. The fourth-order valence-corrected chi connectivity index (χ4v) is 2.97. The van der Waals surface area contributed by atoms with Crippen molar-refractivity contribution in [2.45, 2.75) is 39.3 Å². The minimum absolute atomic E-state index is 0.151. The van der Waals surface area contributed by atoms with Gasteiger partial charge in [0.1, 0.15) is 0 Å². The van der Waals surface area contributed by atoms with Gasteiger partial charge in [-0.2, -0.15) is 0 Å². The molecule has 2 atom stereocenters. The van der Waals surface area contributed by atoms with Crippen LogP contribution in [0.15, 0.2) is 24.3 Å². The number of nitrogens with zero attached hydrogens (tertiary/aromatic N) is 2. The number of nitrogens with one attached hydrogen (secondary N) is 1. The van der Waals surface area contributed by atoms with Gasteiger partial charge in [0, 0.05) is 31.3 Å². The number of piperidine rings is 1. The summed E-state index contributed by atoms with van der Waals surface area (Å²) in [7, 11) is 0. The lowest BCUT2D eigenvalue weighted by Gasteiger charge is -2.35. The van der Waals surface area contributed by atoms with Crippen LogP contribution in [0.25, 0.3) is 0 Å². The van der Waals surface area contributed by atoms with E-state index in [1.165, 1.54) is 25.9 Å². The van der Waals surface area contributed by atoms with Gasteiger partial charge in [0.15, 0.2) is 0 Å². The summed E-state index contributed by atoms with van der Waals surface area (Å²) >= 11 is 0. The SMILES string of the molecule is CCN1CCCC(C(C)NCc2ccc([N+](=O)[O-])cc2)C1. The molecule has 1 heterocycles. The van der Waals surface area contributed by atoms with Gasteiger partial charge < -0.3 is 10.2 Å². The molecule has 116 valence electrons. The van der Waals surface area contributed by atoms with Gasteiger partial charge in [-0.25, -0.2) is 0 Å². The molecule has 21 heavy (non-hydrogen) atoms. The smallest absolute Gasteiger partial charge is 0.269 e. The van der Waals surface area contributed by atoms with Crippen molar-refractivity contribution in [1.82, 2.24) is 10.2 Å². The number of hydrogen-bond acceptors (Lipinski definition) is 4. The van der Waals surface area contributed by atoms with Gasteiger partial charge in [-0.15, -0.1) is 0 Å². The standard InChI is InChI=1S/C16H25N3O2/c1-3-18-10-4-5-15(12-18)13(2)17-11-14-6-8-16(9-7-14)19(20)21/h6-9,13,15,17H,3-5,10-12H2,1-2H3. The Balaban J connectivity index is 1.83. The van der Waals surface area contributed by atoms with E-state index in [4.69, 9.17) is 0 Å². The zero-order valence-electron chi connectivity index (χ0n) is 12.9. The van der Waals surface area contributed by atoms with E-state index in [1.54, 1.807) is 12.1 Å². The van der Waals surface area contributed by atoms with Crippen LogP contribution in [0.3, 0.4) is 0 Å². The summed E-state index contributed by atoms with van der Waals surface area (Å²) in [4.78, 5) is 12.8. The van der Waals surface area contributed by atoms with E-state index in [0.29, 0.717) is 12.0 Å². The summed E-state index contributed by atoms with van der Waals surface area (Å²) in [5.74, 6) is 0.691. The van der Waals surface area contributed by atoms with Gasteiger partial charge in [-0.05, 0) is 44.3 Å². The van der Waals surface area contributed by atoms with Crippen LogP contribution in [0.2, 0.25) is 0 Å². The Morgan fingerprint density at radius 1 is 1.43 bits per heavy atom. The maximum atomic E-state index is 10.6. The van der Waals surface area contributed by atoms with Gasteiger partial charge in [0.25, 0.3) is 5.69 Å². The second-order valence-corrected chi connectivity index (χ2v) is 5.89. The molecule has 0 amide bonds. The summed E-state index contributed by atoms with van der Waals surface area (Å²) < 4.78 is 0. The number of rotatable bonds is 6. The van der Waals surface area contributed by atoms with E-state index in [0.717, 1.165) is 18.7 Å². The van der Waals surface area contributed by atoms with Crippen molar-refractivity contribution >= 4 is 5.69 Å². The fraction of sp³-hybridized carbons (Fsp3) is 0.625. The molecule has 1 aromatic carbocycles. The van der Waals surface area contributed by atoms with Crippen LogP contribution < -0.4 is 5.32 Å². The molecule has 5 heteroatoms. The van der Waals surface area contributed by atoms with Crippen molar-refractivity contribution in [2.75, 3.05) is 19.6 Å². The van der Waals surface area contributed by atoms with Crippen LogP contribution in [0, 0.1) is 16.0 Å². The molecule has 5 nitrogen and oxygen atoms in total. The average Bonchev–Trinajstić information content (AvgIpc) is 2.53. The highest BCUT2D eigenvalue weighted by Crippen LogP contribution is 2.20. The Labute approximate surface area is 126 Å². The highest BCUT2D eigenvalue weighted by atomic mass is 16.6. The molecule has 1 saturated heterocycles. The van der Waals surface area contributed by atoms with Crippen molar-refractivity contribution < 1.29 is 4.92 Å². The van der Waals surface area contributed by atoms with Crippen molar-refractivity contribution in [1.29, 1.82) is 0 Å². The number of nitro groups is 1. The number of nitro benzene ring substituents is 1. The van der Waals surface area contributed by atoms with Crippen LogP contribution in [0.4, 0.5) is 5.69 Å². The van der Waals surface area contributed by atoms with E-state index in [9.17, 15) is 10.1 Å². The molecule has 1 fully saturated rings. The molecule has 2 rings (SSSR count). The quantitative estimate of drug-likeness (QED) is 0.647. The van der Waals surface area contributed by atoms with E-state index >= 15 is 0 Å². The maximum Gasteiger partial charge on any atom is 0.269 e. The van der Waals surface area contributed by atoms with Crippen LogP contribution >= 0.6 is 0 Å². The summed E-state index contributed by atoms with van der Waals surface area (Å²) in [6.07, 6.45) is 2.56. The lowest BCUT2D eigenvalue weighted by molar-refractivity contribution is -0.384. The predicted molar refractivity (Wildman–Crippen MR) is 84.2 cm³/mol. The summed E-state index contributed by atoms with van der Waals surface area (Å²) in [6.45, 7) is 8.76. The van der Waals surface area contributed by atoms with Gasteiger partial charge >= 0.3 is 0 Å². The molecule has 1 aromatic rings. The fourth-order valence-electron chi connectivity index (χ4n) is 2.97. The highest BCUT2D eigenvalue weighted by molar-refractivity contribution is 5.32. The van der Waals surface area contributed by atoms with Crippen LogP contribution in [0.1, 0.15) is 32.3 Å². The average molecular weight is 291 g/mol. The van der Waals surface area contributed by atoms with Crippen molar-refractivity contribution in [2.24, 2.45) is 5.92 Å². The lowest BCUT2D eigenvalue weighted by atomic mass is 9.91. The van der Waals surface area contributed by atoms with Crippen LogP contribution in [-0.4, -0.2) is 35.5 Å². The van der Waals surface area contributed by atoms with Crippen LogP contribution in [0.5, 0.6) is 0 Å². The zero-order chi connectivity index (χ0) is 15.2. The first-order chi connectivity index (χ1) is 10.1. The topological polar surface area (TPSA) is 58.4 Å². The number of benzene rings is 1. The van der Waals surface area contributed by atoms with Gasteiger partial charge in [-0.3, -0.25) is 10.1 Å². The number of likely N-dealkylation sites (tertiary alicyclic amines) is 1. The van der Waals surface area contributed by atoms with Gasteiger partial charge in [-0.1, -0.05) is 19.1 Å². The lowest BCUT2D eigenvalue weighted by Crippen LogP contribution is -2.44. The normalized spacial score (nSPS) is 21.1. The summed E-state index contributed by atoms with van der Waals surface area (Å²) in [5, 5.41) is 14.2. The van der Waals surface area contributed by atoms with E-state index in [1.807, 2.05) is 12.1 Å². The Hall–Kier alpha value is -1.46. The van der Waals surface area contributed by atoms with Crippen molar-refractivity contribution in [3.8, 4) is 0 Å². The first kappa shape index (κ1) is 15.9. The molecule has 0 aliphatic carbocycles. The van der Waals surface area contributed by atoms with Gasteiger partial charge in [0.2, 0.25) is 0 Å². The molecule has 0 aromatic heterocycles. The highest BCUT2D eigenvalue weighted by Gasteiger charge is 2.23. The first-order valence-electron chi connectivity index (χ1n) is 7.79. The maximum absolute atomic E-state index is 10.6. The Kier molecular flexibility index (Phi) is 5.70. The minimum atomic E-state index is -0.360. The molecule has 1 aliphatic heterocycles. The Morgan fingerprint density at radius 3 is 2.76 bits per heavy atom. The largest absolute Gasteiger partial charge is 0.310 e. The van der Waals surface area contributed by atoms with Crippen molar-refractivity contribution in [3.05, 3.63) is 39.9 Å². The minimum Gasteiger partial charge on any atom is -0.310 e. The number of non-ortho nitro benzene ring substituents is 1. The second kappa shape index (κ2) is 7.52. The molecule has 0 spiro atoms. The molecule has 0 saturated carbocycles. The third kappa shape index (κ3) is 4.51. The van der Waals surface area contributed by atoms with E-state index < -0.39 is 0 Å². The van der Waals surface area contributed by atoms with E-state index in [2.05, 4.69) is 24.1 Å². The molecular weight excluding hydrogens is 266 g/mol. The van der Waals surface area contributed by atoms with E-state index in [-0.39, 0.29) is 10.6 Å². The Bertz CT molecular complexity index is 461. The third-order valence-corrected chi connectivity index (χ3v) is 4.47. The second-order valence-electron chi connectivity index (χ2n) is 5.89. The third-order valence-electron chi connectivity index (χ3n) is 4.47. The molecular formula is C16H25N3O2. The van der Waals surface area contributed by atoms with Gasteiger partial charge in [0.05, 0.1) is 4.92 Å². The van der Waals surface area contributed by atoms with Crippen molar-refractivity contribution in [3.63, 3.8) is 0 Å². The monoisotopic (exact) mass is 291 g/mol.